The first-order valence-electron chi connectivity index (χ1n) is 33.4. The molecule has 0 heterocycles. The van der Waals surface area contributed by atoms with Crippen molar-refractivity contribution < 1.29 is 5.11 Å². The highest BCUT2D eigenvalue weighted by Crippen LogP contribution is 2.43. The highest BCUT2D eigenvalue weighted by Gasteiger charge is 2.28. The van der Waals surface area contributed by atoms with E-state index in [2.05, 4.69) is 129 Å². The predicted octanol–water partition coefficient (Wildman–Crippen LogP) is 23.5. The Morgan fingerprint density at radius 1 is 0.276 bits per heavy atom. The highest BCUT2D eigenvalue weighted by atomic mass is 16.3. The third-order valence-corrected chi connectivity index (χ3v) is 17.7. The summed E-state index contributed by atoms with van der Waals surface area (Å²) in [6, 6.07) is 26.5. The summed E-state index contributed by atoms with van der Waals surface area (Å²) in [4.78, 5) is 0. The first-order valence-corrected chi connectivity index (χ1v) is 33.4. The molecule has 0 spiro atoms. The normalized spacial score (nSPS) is 12.9. The number of hydrogen-bond acceptors (Lipinski definition) is 1. The average molecular weight is 1040 g/mol. The third-order valence-electron chi connectivity index (χ3n) is 17.7. The van der Waals surface area contributed by atoms with E-state index in [1.807, 2.05) is 0 Å². The van der Waals surface area contributed by atoms with Gasteiger partial charge in [-0.3, -0.25) is 0 Å². The van der Waals surface area contributed by atoms with E-state index in [1.165, 1.54) is 253 Å². The second kappa shape index (κ2) is 39.9. The van der Waals surface area contributed by atoms with Crippen molar-refractivity contribution in [3.8, 4) is 5.75 Å². The van der Waals surface area contributed by atoms with E-state index >= 15 is 0 Å². The van der Waals surface area contributed by atoms with Crippen molar-refractivity contribution in [1.29, 1.82) is 0 Å². The van der Waals surface area contributed by atoms with Crippen LogP contribution in [0.5, 0.6) is 5.75 Å². The van der Waals surface area contributed by atoms with Gasteiger partial charge in [0.25, 0.3) is 0 Å². The van der Waals surface area contributed by atoms with E-state index in [4.69, 9.17) is 0 Å². The molecule has 0 saturated heterocycles. The van der Waals surface area contributed by atoms with E-state index in [-0.39, 0.29) is 11.8 Å². The molecule has 4 aromatic rings. The number of benzene rings is 4. The van der Waals surface area contributed by atoms with Crippen LogP contribution in [0.25, 0.3) is 0 Å². The molecule has 76 heavy (non-hydrogen) atoms. The lowest BCUT2D eigenvalue weighted by atomic mass is 9.75. The van der Waals surface area contributed by atoms with Gasteiger partial charge >= 0.3 is 0 Å². The number of aryl methyl sites for hydroxylation is 3. The number of hydrogen-bond donors (Lipinski definition) is 1. The van der Waals surface area contributed by atoms with Gasteiger partial charge in [-0.05, 0) is 181 Å². The Kier molecular flexibility index (Phi) is 34.3. The van der Waals surface area contributed by atoms with Crippen LogP contribution in [0.4, 0.5) is 0 Å². The topological polar surface area (TPSA) is 20.2 Å². The summed E-state index contributed by atoms with van der Waals surface area (Å²) in [6.45, 7) is 21.5. The Bertz CT molecular complexity index is 2100. The smallest absolute Gasteiger partial charge is 0.119 e. The fourth-order valence-electron chi connectivity index (χ4n) is 13.2. The van der Waals surface area contributed by atoms with Crippen LogP contribution in [0, 0.1) is 0 Å². The van der Waals surface area contributed by atoms with Gasteiger partial charge in [0.05, 0.1) is 0 Å². The summed E-state index contributed by atoms with van der Waals surface area (Å²) in [5.74, 6) is 1.28. The van der Waals surface area contributed by atoms with Gasteiger partial charge in [0.15, 0.2) is 0 Å². The quantitative estimate of drug-likeness (QED) is 0.0438. The van der Waals surface area contributed by atoms with Gasteiger partial charge in [-0.15, -0.1) is 0 Å². The predicted molar refractivity (Wildman–Crippen MR) is 339 cm³/mol. The molecule has 0 fully saturated rings. The summed E-state index contributed by atoms with van der Waals surface area (Å²) in [5.41, 5.74) is 18.5. The molecule has 0 amide bonds. The van der Waals surface area contributed by atoms with Crippen LogP contribution in [0.2, 0.25) is 0 Å². The van der Waals surface area contributed by atoms with Gasteiger partial charge < -0.3 is 5.11 Å². The molecule has 4 rings (SSSR count). The van der Waals surface area contributed by atoms with Crippen LogP contribution >= 0.6 is 0 Å². The van der Waals surface area contributed by atoms with Crippen molar-refractivity contribution in [1.82, 2.24) is 0 Å². The number of rotatable bonds is 45. The van der Waals surface area contributed by atoms with Crippen molar-refractivity contribution in [2.45, 2.75) is 330 Å². The van der Waals surface area contributed by atoms with E-state index in [0.717, 1.165) is 19.3 Å². The standard InChI is InChI=1S/C75H120O/c1-10-16-22-28-34-43-63-46-40-49-66(70(63)52-37-31-25-19-13-4)57-60(7)69-55-56-73(76)75(62(9)59-68-51-42-48-65(45-36-30-24-18-12-3)72(68)54-39-33-27-21-15-6)74(69)61(8)58-67-50-41-47-64(44-35-29-23-17-11-2)71(67)53-38-32-26-20-14-5/h40-42,46-51,55-56,60-62,76H,10-39,43-45,52-54,57-59H2,1-9H3. The summed E-state index contributed by atoms with van der Waals surface area (Å²) < 4.78 is 0. The van der Waals surface area contributed by atoms with Crippen molar-refractivity contribution >= 4 is 0 Å². The minimum Gasteiger partial charge on any atom is -0.508 e. The molecule has 1 heteroatoms. The molecule has 0 aliphatic heterocycles. The van der Waals surface area contributed by atoms with Gasteiger partial charge in [-0.2, -0.15) is 0 Å². The lowest BCUT2D eigenvalue weighted by Crippen LogP contribution is -2.15. The van der Waals surface area contributed by atoms with Crippen molar-refractivity contribution in [2.75, 3.05) is 0 Å². The van der Waals surface area contributed by atoms with E-state index < -0.39 is 0 Å². The van der Waals surface area contributed by atoms with E-state index in [0.29, 0.717) is 11.7 Å². The molecule has 0 aliphatic rings. The second-order valence-corrected chi connectivity index (χ2v) is 24.5. The molecule has 0 bridgehead atoms. The SMILES string of the molecule is CCCCCCCc1cccc(CC(C)c2ccc(O)c(C(C)Cc3cccc(CCCCCCC)c3CCCCCCC)c2C(C)Cc2cccc(CCCCCCC)c2CCCCCCC)c1CCCCCCC. The zero-order valence-corrected chi connectivity index (χ0v) is 51.6. The van der Waals surface area contributed by atoms with E-state index in [1.54, 1.807) is 44.5 Å². The Balaban J connectivity index is 1.84. The molecule has 4 aromatic carbocycles. The average Bonchev–Trinajstić information content (AvgIpc) is 3.42. The summed E-state index contributed by atoms with van der Waals surface area (Å²) in [6.07, 6.45) is 49.8. The van der Waals surface area contributed by atoms with Crippen molar-refractivity contribution in [3.05, 3.63) is 133 Å². The van der Waals surface area contributed by atoms with Gasteiger partial charge in [0.1, 0.15) is 5.75 Å². The summed E-state index contributed by atoms with van der Waals surface area (Å²) in [5, 5.41) is 12.5. The van der Waals surface area contributed by atoms with Crippen LogP contribution in [0.3, 0.4) is 0 Å². The lowest BCUT2D eigenvalue weighted by molar-refractivity contribution is 0.458. The third kappa shape index (κ3) is 23.2. The number of aromatic hydroxyl groups is 1. The minimum absolute atomic E-state index is 0.186. The molecule has 426 valence electrons. The van der Waals surface area contributed by atoms with Crippen LogP contribution in [0.1, 0.15) is 339 Å². The minimum atomic E-state index is 0.186. The maximum absolute atomic E-state index is 12.5. The summed E-state index contributed by atoms with van der Waals surface area (Å²) in [7, 11) is 0. The Morgan fingerprint density at radius 3 is 0.855 bits per heavy atom. The van der Waals surface area contributed by atoms with Gasteiger partial charge in [0, 0.05) is 5.56 Å². The van der Waals surface area contributed by atoms with Gasteiger partial charge in [-0.1, -0.05) is 277 Å². The van der Waals surface area contributed by atoms with Crippen molar-refractivity contribution in [3.63, 3.8) is 0 Å². The van der Waals surface area contributed by atoms with E-state index in [9.17, 15) is 5.11 Å². The largest absolute Gasteiger partial charge is 0.508 e. The number of phenolic OH excluding ortho intramolecular Hbond substituents is 1. The van der Waals surface area contributed by atoms with Crippen LogP contribution < -0.4 is 0 Å². The zero-order valence-electron chi connectivity index (χ0n) is 51.6. The molecule has 0 aliphatic carbocycles. The lowest BCUT2D eigenvalue weighted by Gasteiger charge is -2.29. The van der Waals surface area contributed by atoms with Gasteiger partial charge in [0.2, 0.25) is 0 Å². The van der Waals surface area contributed by atoms with Crippen molar-refractivity contribution in [2.24, 2.45) is 0 Å². The fraction of sp³-hybridized carbons (Fsp3) is 0.680. The zero-order chi connectivity index (χ0) is 54.6. The molecule has 3 unspecified atom stereocenters. The molecule has 0 saturated carbocycles. The molecule has 0 radical (unpaired) electrons. The number of phenols is 1. The molecule has 1 N–H and O–H groups in total. The Hall–Kier alpha value is -3.32. The maximum Gasteiger partial charge on any atom is 0.119 e. The van der Waals surface area contributed by atoms with Crippen LogP contribution in [-0.2, 0) is 57.8 Å². The summed E-state index contributed by atoms with van der Waals surface area (Å²) >= 11 is 0. The second-order valence-electron chi connectivity index (χ2n) is 24.5. The Morgan fingerprint density at radius 2 is 0.539 bits per heavy atom. The Labute approximate surface area is 472 Å². The van der Waals surface area contributed by atoms with Crippen LogP contribution in [0.15, 0.2) is 66.7 Å². The molecule has 1 nitrogen and oxygen atoms in total. The highest BCUT2D eigenvalue weighted by molar-refractivity contribution is 5.52. The molecule has 3 atom stereocenters. The molecule has 0 aromatic heterocycles. The first kappa shape index (κ1) is 65.2. The maximum atomic E-state index is 12.5. The monoisotopic (exact) mass is 1040 g/mol. The molecular formula is C75H120O. The first-order chi connectivity index (χ1) is 37.2. The number of unbranched alkanes of at least 4 members (excludes halogenated alkanes) is 24. The molecular weight excluding hydrogens is 917 g/mol. The fourth-order valence-corrected chi connectivity index (χ4v) is 13.2. The van der Waals surface area contributed by atoms with Gasteiger partial charge in [-0.25, -0.2) is 0 Å². The van der Waals surface area contributed by atoms with Crippen LogP contribution in [-0.4, -0.2) is 5.11 Å².